The van der Waals surface area contributed by atoms with Gasteiger partial charge < -0.3 is 5.73 Å². The van der Waals surface area contributed by atoms with Crippen LogP contribution in [-0.4, -0.2) is 4.98 Å². The fraction of sp³-hybridized carbons (Fsp3) is 0.545. The highest BCUT2D eigenvalue weighted by Crippen LogP contribution is 2.19. The number of aromatic nitrogens is 2. The Morgan fingerprint density at radius 3 is 2.53 bits per heavy atom. The Labute approximate surface area is 90.4 Å². The normalized spacial score (nSPS) is 12.5. The first-order valence-corrected chi connectivity index (χ1v) is 5.03. The van der Waals surface area contributed by atoms with Crippen molar-refractivity contribution in [3.8, 4) is 6.07 Å². The van der Waals surface area contributed by atoms with Crippen molar-refractivity contribution in [1.29, 1.82) is 5.26 Å². The van der Waals surface area contributed by atoms with Gasteiger partial charge in [0, 0.05) is 5.92 Å². The Bertz CT molecular complexity index is 404. The summed E-state index contributed by atoms with van der Waals surface area (Å²) in [6, 6.07) is 2.02. The van der Waals surface area contributed by atoms with E-state index in [0.29, 0.717) is 23.2 Å². The number of hydrogen-bond acceptors (Lipinski definition) is 3. The van der Waals surface area contributed by atoms with Gasteiger partial charge in [-0.2, -0.15) is 5.26 Å². The summed E-state index contributed by atoms with van der Waals surface area (Å²) in [7, 11) is 1.84. The Balaban J connectivity index is 3.25. The Morgan fingerprint density at radius 1 is 1.47 bits per heavy atom. The van der Waals surface area contributed by atoms with E-state index in [4.69, 9.17) is 11.0 Å². The minimum absolute atomic E-state index is 0.324. The van der Waals surface area contributed by atoms with Gasteiger partial charge in [-0.25, -0.2) is 4.57 Å². The van der Waals surface area contributed by atoms with Crippen LogP contribution in [0.5, 0.6) is 0 Å². The lowest BCUT2D eigenvalue weighted by molar-refractivity contribution is -0.669. The molecule has 0 aromatic carbocycles. The minimum atomic E-state index is 0.324. The monoisotopic (exact) mass is 205 g/mol. The number of hydrogen-bond donors (Lipinski definition) is 1. The summed E-state index contributed by atoms with van der Waals surface area (Å²) >= 11 is 0. The minimum Gasteiger partial charge on any atom is -0.317 e. The first-order chi connectivity index (χ1) is 6.99. The number of anilines is 1. The number of nitriles is 1. The van der Waals surface area contributed by atoms with Crippen molar-refractivity contribution in [3.05, 3.63) is 17.6 Å². The first-order valence-electron chi connectivity index (χ1n) is 5.03. The van der Waals surface area contributed by atoms with E-state index in [1.807, 2.05) is 13.1 Å². The molecule has 80 valence electrons. The summed E-state index contributed by atoms with van der Waals surface area (Å²) in [6.45, 7) is 6.39. The molecule has 0 radical (unpaired) electrons. The lowest BCUT2D eigenvalue weighted by Crippen LogP contribution is -2.40. The maximum atomic E-state index is 8.80. The summed E-state index contributed by atoms with van der Waals surface area (Å²) in [5, 5.41) is 8.80. The molecule has 1 aromatic heterocycles. The smallest absolute Gasteiger partial charge is 0.241 e. The van der Waals surface area contributed by atoms with Crippen LogP contribution in [0.1, 0.15) is 38.1 Å². The van der Waals surface area contributed by atoms with Crippen molar-refractivity contribution in [1.82, 2.24) is 4.98 Å². The van der Waals surface area contributed by atoms with Gasteiger partial charge in [-0.3, -0.25) is 0 Å². The average Bonchev–Trinajstić information content (AvgIpc) is 2.21. The van der Waals surface area contributed by atoms with Gasteiger partial charge in [-0.15, -0.1) is 4.98 Å². The average molecular weight is 205 g/mol. The number of nitrogens with two attached hydrogens (primary N) is 1. The van der Waals surface area contributed by atoms with Gasteiger partial charge in [-0.1, -0.05) is 20.8 Å². The second-order valence-electron chi connectivity index (χ2n) is 4.12. The van der Waals surface area contributed by atoms with Crippen molar-refractivity contribution in [3.63, 3.8) is 0 Å². The van der Waals surface area contributed by atoms with Crippen molar-refractivity contribution in [2.24, 2.45) is 13.0 Å². The molecule has 1 atom stereocenters. The summed E-state index contributed by atoms with van der Waals surface area (Å²) in [4.78, 5) is 4.29. The number of rotatable bonds is 2. The largest absolute Gasteiger partial charge is 0.317 e. The zero-order valence-corrected chi connectivity index (χ0v) is 9.65. The summed E-state index contributed by atoms with van der Waals surface area (Å²) in [5.41, 5.74) is 6.26. The summed E-state index contributed by atoms with van der Waals surface area (Å²) in [6.07, 6.45) is 1.55. The molecule has 1 aromatic rings. The Morgan fingerprint density at radius 2 is 2.07 bits per heavy atom. The molecule has 1 unspecified atom stereocenters. The number of nitrogens with zero attached hydrogens (tertiary/aromatic N) is 3. The molecule has 0 spiro atoms. The van der Waals surface area contributed by atoms with E-state index in [-0.39, 0.29) is 0 Å². The lowest BCUT2D eigenvalue weighted by Gasteiger charge is -2.14. The van der Waals surface area contributed by atoms with Crippen LogP contribution in [0.15, 0.2) is 6.20 Å². The maximum Gasteiger partial charge on any atom is 0.241 e. The topological polar surface area (TPSA) is 66.6 Å². The molecule has 2 N–H and O–H groups in total. The van der Waals surface area contributed by atoms with Gasteiger partial charge in [0.25, 0.3) is 0 Å². The van der Waals surface area contributed by atoms with Crippen molar-refractivity contribution >= 4 is 5.82 Å². The van der Waals surface area contributed by atoms with E-state index in [1.165, 1.54) is 0 Å². The molecule has 4 nitrogen and oxygen atoms in total. The third-order valence-electron chi connectivity index (χ3n) is 2.83. The fourth-order valence-electron chi connectivity index (χ4n) is 1.39. The molecule has 0 aliphatic heterocycles. The van der Waals surface area contributed by atoms with Crippen LogP contribution in [0.3, 0.4) is 0 Å². The van der Waals surface area contributed by atoms with Crippen LogP contribution in [0.25, 0.3) is 0 Å². The molecular formula is C11H17N4+. The molecule has 0 aliphatic carbocycles. The van der Waals surface area contributed by atoms with E-state index >= 15 is 0 Å². The predicted octanol–water partition coefficient (Wildman–Crippen LogP) is 1.12. The van der Waals surface area contributed by atoms with E-state index in [1.54, 1.807) is 10.8 Å². The molecule has 0 saturated carbocycles. The molecule has 15 heavy (non-hydrogen) atoms. The Hall–Kier alpha value is -1.63. The van der Waals surface area contributed by atoms with Crippen LogP contribution in [0.2, 0.25) is 0 Å². The van der Waals surface area contributed by atoms with Gasteiger partial charge in [0.1, 0.15) is 12.3 Å². The first kappa shape index (κ1) is 11.4. The second kappa shape index (κ2) is 4.26. The molecule has 0 fully saturated rings. The molecular weight excluding hydrogens is 188 g/mol. The second-order valence-corrected chi connectivity index (χ2v) is 4.12. The molecule has 0 saturated heterocycles. The zero-order chi connectivity index (χ0) is 11.6. The van der Waals surface area contributed by atoms with Gasteiger partial charge in [0.05, 0.1) is 7.05 Å². The van der Waals surface area contributed by atoms with E-state index in [9.17, 15) is 0 Å². The molecule has 4 heteroatoms. The van der Waals surface area contributed by atoms with E-state index in [0.717, 1.165) is 5.82 Å². The molecule has 1 heterocycles. The van der Waals surface area contributed by atoms with Crippen molar-refractivity contribution < 1.29 is 4.57 Å². The molecule has 1 rings (SSSR count). The van der Waals surface area contributed by atoms with Crippen molar-refractivity contribution in [2.45, 2.75) is 26.7 Å². The quantitative estimate of drug-likeness (QED) is 0.736. The van der Waals surface area contributed by atoms with Crippen LogP contribution in [0, 0.1) is 17.2 Å². The van der Waals surface area contributed by atoms with Crippen LogP contribution in [0.4, 0.5) is 5.82 Å². The highest BCUT2D eigenvalue weighted by molar-refractivity contribution is 5.42. The standard InChI is InChI=1S/C11H16N4/c1-7(2)8(3)11-14-6-9(5-12)10(13)15(11)4/h6-8,13H,1-4H3/p+1. The Kier molecular flexibility index (Phi) is 3.25. The summed E-state index contributed by atoms with van der Waals surface area (Å²) in [5.74, 6) is 2.22. The van der Waals surface area contributed by atoms with Gasteiger partial charge in [0.2, 0.25) is 11.6 Å². The lowest BCUT2D eigenvalue weighted by atomic mass is 9.97. The van der Waals surface area contributed by atoms with Gasteiger partial charge >= 0.3 is 0 Å². The fourth-order valence-corrected chi connectivity index (χ4v) is 1.39. The molecule has 0 bridgehead atoms. The maximum absolute atomic E-state index is 8.80. The molecule has 0 aliphatic rings. The number of nitrogen functional groups attached to an aromatic ring is 1. The highest BCUT2D eigenvalue weighted by atomic mass is 15.1. The molecule has 0 amide bonds. The van der Waals surface area contributed by atoms with Crippen LogP contribution >= 0.6 is 0 Å². The highest BCUT2D eigenvalue weighted by Gasteiger charge is 2.22. The SMILES string of the molecule is CC(C)C(C)c1ncc(C#N)c(N)[n+]1C. The zero-order valence-electron chi connectivity index (χ0n) is 9.65. The van der Waals surface area contributed by atoms with Gasteiger partial charge in [0.15, 0.2) is 5.56 Å². The third-order valence-corrected chi connectivity index (χ3v) is 2.83. The van der Waals surface area contributed by atoms with Crippen LogP contribution in [-0.2, 0) is 7.05 Å². The van der Waals surface area contributed by atoms with E-state index < -0.39 is 0 Å². The van der Waals surface area contributed by atoms with E-state index in [2.05, 4.69) is 25.8 Å². The van der Waals surface area contributed by atoms with Crippen LogP contribution < -0.4 is 10.3 Å². The predicted molar refractivity (Wildman–Crippen MR) is 57.8 cm³/mol. The van der Waals surface area contributed by atoms with Gasteiger partial charge in [-0.05, 0) is 5.92 Å². The summed E-state index contributed by atoms with van der Waals surface area (Å²) < 4.78 is 1.79. The van der Waals surface area contributed by atoms with Crippen molar-refractivity contribution in [2.75, 3.05) is 5.73 Å². The third kappa shape index (κ3) is 2.07.